The van der Waals surface area contributed by atoms with Crippen molar-refractivity contribution in [1.29, 1.82) is 0 Å². The van der Waals surface area contributed by atoms with Gasteiger partial charge in [-0.25, -0.2) is 13.4 Å². The quantitative estimate of drug-likeness (QED) is 0.285. The Morgan fingerprint density at radius 3 is 1.33 bits per heavy atom. The lowest BCUT2D eigenvalue weighted by atomic mass is 10.3. The Kier molecular flexibility index (Phi) is 14.6. The topological polar surface area (TPSA) is 30.0 Å². The van der Waals surface area contributed by atoms with Gasteiger partial charge in [-0.15, -0.1) is 0 Å². The normalized spacial score (nSPS) is 15.4. The van der Waals surface area contributed by atoms with Crippen molar-refractivity contribution >= 4 is 30.3 Å². The van der Waals surface area contributed by atoms with Crippen molar-refractivity contribution in [3.8, 4) is 0 Å². The summed E-state index contributed by atoms with van der Waals surface area (Å²) < 4.78 is 8.76. The SMILES string of the molecule is CCCCN(CCCC)SN1CCCN(SN(CCCC)CCCC)C1=O. The van der Waals surface area contributed by atoms with Crippen LogP contribution < -0.4 is 0 Å². The summed E-state index contributed by atoms with van der Waals surface area (Å²) in [6, 6.07) is 0.173. The molecule has 0 aliphatic carbocycles. The molecule has 0 saturated carbocycles. The van der Waals surface area contributed by atoms with Gasteiger partial charge in [0.05, 0.1) is 0 Å². The summed E-state index contributed by atoms with van der Waals surface area (Å²) >= 11 is 3.33. The Balaban J connectivity index is 2.60. The minimum atomic E-state index is 0.173. The van der Waals surface area contributed by atoms with Crippen LogP contribution in [-0.2, 0) is 0 Å². The van der Waals surface area contributed by atoms with Crippen molar-refractivity contribution in [3.63, 3.8) is 0 Å². The first kappa shape index (κ1) is 24.9. The summed E-state index contributed by atoms with van der Waals surface area (Å²) in [6.07, 6.45) is 10.6. The lowest BCUT2D eigenvalue weighted by Gasteiger charge is -2.38. The van der Waals surface area contributed by atoms with Gasteiger partial charge in [0.1, 0.15) is 0 Å². The molecule has 1 aliphatic rings. The van der Waals surface area contributed by atoms with Gasteiger partial charge in [-0.2, -0.15) is 0 Å². The van der Waals surface area contributed by atoms with Gasteiger partial charge in [-0.3, -0.25) is 8.61 Å². The first-order chi connectivity index (χ1) is 13.2. The van der Waals surface area contributed by atoms with Gasteiger partial charge < -0.3 is 0 Å². The van der Waals surface area contributed by atoms with Crippen LogP contribution in [0.25, 0.3) is 0 Å². The van der Waals surface area contributed by atoms with Crippen LogP contribution in [0.1, 0.15) is 85.5 Å². The Hall–Kier alpha value is -0.110. The third-order valence-corrected chi connectivity index (χ3v) is 6.89. The van der Waals surface area contributed by atoms with Gasteiger partial charge >= 0.3 is 6.03 Å². The highest BCUT2D eigenvalue weighted by Gasteiger charge is 2.30. The molecule has 0 unspecified atom stereocenters. The molecule has 0 aromatic rings. The van der Waals surface area contributed by atoms with Crippen molar-refractivity contribution < 1.29 is 4.79 Å². The summed E-state index contributed by atoms with van der Waals surface area (Å²) in [5.74, 6) is 0. The molecule has 1 rings (SSSR count). The summed E-state index contributed by atoms with van der Waals surface area (Å²) in [5, 5.41) is 0. The molecule has 0 spiro atoms. The van der Waals surface area contributed by atoms with E-state index in [9.17, 15) is 4.79 Å². The second kappa shape index (κ2) is 15.8. The molecular formula is C20H42N4OS2. The number of unbranched alkanes of at least 4 members (excludes halogenated alkanes) is 4. The molecule has 0 bridgehead atoms. The van der Waals surface area contributed by atoms with Crippen LogP contribution in [0.2, 0.25) is 0 Å². The molecule has 0 aromatic carbocycles. The van der Waals surface area contributed by atoms with Crippen molar-refractivity contribution in [2.45, 2.75) is 85.5 Å². The Bertz CT molecular complexity index is 339. The summed E-state index contributed by atoms with van der Waals surface area (Å²) in [7, 11) is 0. The summed E-state index contributed by atoms with van der Waals surface area (Å²) in [4.78, 5) is 13.0. The molecule has 160 valence electrons. The molecule has 0 N–H and O–H groups in total. The molecule has 0 atom stereocenters. The zero-order valence-electron chi connectivity index (χ0n) is 18.1. The van der Waals surface area contributed by atoms with Crippen LogP contribution in [0.3, 0.4) is 0 Å². The van der Waals surface area contributed by atoms with Crippen LogP contribution in [-0.4, -0.2) is 62.5 Å². The van der Waals surface area contributed by atoms with Crippen LogP contribution in [0.5, 0.6) is 0 Å². The van der Waals surface area contributed by atoms with E-state index < -0.39 is 0 Å². The minimum Gasteiger partial charge on any atom is -0.254 e. The highest BCUT2D eigenvalue weighted by atomic mass is 32.2. The van der Waals surface area contributed by atoms with E-state index in [2.05, 4.69) is 36.3 Å². The Morgan fingerprint density at radius 1 is 0.704 bits per heavy atom. The maximum absolute atomic E-state index is 13.0. The highest BCUT2D eigenvalue weighted by molar-refractivity contribution is 7.96. The predicted octanol–water partition coefficient (Wildman–Crippen LogP) is 6.04. The highest BCUT2D eigenvalue weighted by Crippen LogP contribution is 2.28. The van der Waals surface area contributed by atoms with Crippen molar-refractivity contribution in [3.05, 3.63) is 0 Å². The Morgan fingerprint density at radius 2 is 1.04 bits per heavy atom. The molecule has 1 heterocycles. The smallest absolute Gasteiger partial charge is 0.254 e. The fourth-order valence-corrected chi connectivity index (χ4v) is 5.04. The number of nitrogens with zero attached hydrogens (tertiary/aromatic N) is 4. The van der Waals surface area contributed by atoms with Gasteiger partial charge in [-0.05, 0) is 32.1 Å². The monoisotopic (exact) mass is 418 g/mol. The third-order valence-electron chi connectivity index (χ3n) is 4.62. The molecule has 0 radical (unpaired) electrons. The molecular weight excluding hydrogens is 376 g/mol. The average molecular weight is 419 g/mol. The average Bonchev–Trinajstić information content (AvgIpc) is 2.68. The largest absolute Gasteiger partial charge is 0.341 e. The second-order valence-corrected chi connectivity index (χ2v) is 9.52. The molecule has 2 amide bonds. The molecule has 0 aromatic heterocycles. The van der Waals surface area contributed by atoms with E-state index in [0.717, 1.165) is 45.7 Å². The van der Waals surface area contributed by atoms with Gasteiger partial charge in [0.15, 0.2) is 0 Å². The van der Waals surface area contributed by atoms with Gasteiger partial charge in [0.25, 0.3) is 0 Å². The number of carbonyl (C=O) groups is 1. The maximum atomic E-state index is 13.0. The zero-order valence-corrected chi connectivity index (χ0v) is 19.8. The third kappa shape index (κ3) is 10.3. The number of urea groups is 1. The molecule has 1 aliphatic heterocycles. The van der Waals surface area contributed by atoms with E-state index in [1.807, 2.05) is 8.61 Å². The molecule has 27 heavy (non-hydrogen) atoms. The maximum Gasteiger partial charge on any atom is 0.341 e. The van der Waals surface area contributed by atoms with Gasteiger partial charge in [-0.1, -0.05) is 53.4 Å². The van der Waals surface area contributed by atoms with Gasteiger partial charge in [0, 0.05) is 63.5 Å². The Labute approximate surface area is 177 Å². The first-order valence-corrected chi connectivity index (χ1v) is 12.6. The zero-order chi connectivity index (χ0) is 19.9. The molecule has 5 nitrogen and oxygen atoms in total. The lowest BCUT2D eigenvalue weighted by molar-refractivity contribution is 0.194. The number of hydrogen-bond acceptors (Lipinski definition) is 5. The lowest BCUT2D eigenvalue weighted by Crippen LogP contribution is -2.46. The second-order valence-electron chi connectivity index (χ2n) is 7.28. The number of carbonyl (C=O) groups excluding carboxylic acids is 1. The number of rotatable bonds is 16. The van der Waals surface area contributed by atoms with Gasteiger partial charge in [0.2, 0.25) is 0 Å². The van der Waals surface area contributed by atoms with E-state index in [4.69, 9.17) is 0 Å². The van der Waals surface area contributed by atoms with Crippen LogP contribution >= 0.6 is 24.3 Å². The van der Waals surface area contributed by atoms with Crippen molar-refractivity contribution in [1.82, 2.24) is 17.2 Å². The van der Waals surface area contributed by atoms with E-state index in [1.165, 1.54) is 51.4 Å². The van der Waals surface area contributed by atoms with Crippen molar-refractivity contribution in [2.24, 2.45) is 0 Å². The summed E-state index contributed by atoms with van der Waals surface area (Å²) in [6.45, 7) is 14.9. The molecule has 1 saturated heterocycles. The standard InChI is InChI=1S/C20H42N4OS2/c1-5-9-14-21(15-10-6-2)26-23-18-13-19-24(20(23)25)27-22(16-11-7-3)17-12-8-4/h5-19H2,1-4H3. The predicted molar refractivity (Wildman–Crippen MR) is 121 cm³/mol. The van der Waals surface area contributed by atoms with E-state index in [1.54, 1.807) is 24.3 Å². The van der Waals surface area contributed by atoms with Crippen molar-refractivity contribution in [2.75, 3.05) is 39.3 Å². The van der Waals surface area contributed by atoms with E-state index in [0.29, 0.717) is 0 Å². The molecule has 1 fully saturated rings. The van der Waals surface area contributed by atoms with E-state index in [-0.39, 0.29) is 6.03 Å². The fourth-order valence-electron chi connectivity index (χ4n) is 2.83. The van der Waals surface area contributed by atoms with Crippen LogP contribution in [0, 0.1) is 0 Å². The van der Waals surface area contributed by atoms with E-state index >= 15 is 0 Å². The minimum absolute atomic E-state index is 0.173. The van der Waals surface area contributed by atoms with Crippen LogP contribution in [0.15, 0.2) is 0 Å². The fraction of sp³-hybridized carbons (Fsp3) is 0.950. The first-order valence-electron chi connectivity index (χ1n) is 11.1. The van der Waals surface area contributed by atoms with Crippen LogP contribution in [0.4, 0.5) is 4.79 Å². The number of hydrogen-bond donors (Lipinski definition) is 0. The number of amides is 2. The summed E-state index contributed by atoms with van der Waals surface area (Å²) in [5.41, 5.74) is 0. The molecule has 7 heteroatoms.